The third-order valence-corrected chi connectivity index (χ3v) is 6.05. The molecule has 1 aliphatic carbocycles. The van der Waals surface area contributed by atoms with E-state index in [0.717, 1.165) is 56.3 Å². The Morgan fingerprint density at radius 3 is 2.69 bits per heavy atom. The molecule has 7 nitrogen and oxygen atoms in total. The van der Waals surface area contributed by atoms with Crippen LogP contribution in [-0.4, -0.2) is 70.0 Å². The number of imidazole rings is 1. The Balaban J connectivity index is 1.33. The molecule has 5 rings (SSSR count). The number of aromatic nitrogens is 4. The Labute approximate surface area is 171 Å². The van der Waals surface area contributed by atoms with Gasteiger partial charge in [-0.1, -0.05) is 6.07 Å². The molecule has 0 amide bonds. The number of nitrogens with one attached hydrogen (secondary N) is 1. The van der Waals surface area contributed by atoms with Crippen LogP contribution >= 0.6 is 0 Å². The number of piperazine rings is 1. The van der Waals surface area contributed by atoms with Crippen molar-refractivity contribution in [3.8, 4) is 0 Å². The largest absolute Gasteiger partial charge is 0.367 e. The molecule has 0 aromatic carbocycles. The summed E-state index contributed by atoms with van der Waals surface area (Å²) in [6, 6.07) is 6.40. The highest BCUT2D eigenvalue weighted by Gasteiger charge is 2.26. The van der Waals surface area contributed by atoms with Gasteiger partial charge in [0, 0.05) is 45.1 Å². The average Bonchev–Trinajstić information content (AvgIpc) is 3.48. The van der Waals surface area contributed by atoms with Crippen molar-refractivity contribution in [3.63, 3.8) is 0 Å². The maximum Gasteiger partial charge on any atom is 0.179 e. The topological polar surface area (TPSA) is 64.2 Å². The van der Waals surface area contributed by atoms with Crippen LogP contribution in [0.15, 0.2) is 30.6 Å². The quantitative estimate of drug-likeness (QED) is 0.697. The zero-order valence-electron chi connectivity index (χ0n) is 17.3. The standard InChI is InChI=1S/C22H29N7/c1-27-10-12-29(13-11-27)19-7-9-24-22-21(19)25-20(26-22)15-28(2)14-18-17(16-5-6-16)4-3-8-23-18/h3-4,7-9,16H,5-6,10-15H2,1-2H3,(H,24,25,26). The lowest BCUT2D eigenvalue weighted by Gasteiger charge is -2.34. The lowest BCUT2D eigenvalue weighted by Crippen LogP contribution is -2.44. The summed E-state index contributed by atoms with van der Waals surface area (Å²) in [5.74, 6) is 1.68. The van der Waals surface area contributed by atoms with E-state index in [1.807, 2.05) is 12.4 Å². The predicted molar refractivity (Wildman–Crippen MR) is 115 cm³/mol. The SMILES string of the molecule is CN1CCN(c2ccnc3nc(CN(C)Cc4ncccc4C4CC4)[nH]c23)CC1. The van der Waals surface area contributed by atoms with Gasteiger partial charge in [-0.3, -0.25) is 9.88 Å². The molecule has 3 aromatic heterocycles. The Kier molecular flexibility index (Phi) is 4.93. The highest BCUT2D eigenvalue weighted by Crippen LogP contribution is 2.41. The maximum absolute atomic E-state index is 4.77. The normalized spacial score (nSPS) is 18.1. The van der Waals surface area contributed by atoms with E-state index in [1.165, 1.54) is 29.8 Å². The van der Waals surface area contributed by atoms with Crippen LogP contribution in [-0.2, 0) is 13.1 Å². The van der Waals surface area contributed by atoms with Crippen molar-refractivity contribution in [2.75, 3.05) is 45.2 Å². The van der Waals surface area contributed by atoms with Crippen LogP contribution < -0.4 is 4.90 Å². The zero-order chi connectivity index (χ0) is 19.8. The Morgan fingerprint density at radius 2 is 1.90 bits per heavy atom. The van der Waals surface area contributed by atoms with Gasteiger partial charge in [0.2, 0.25) is 0 Å². The first-order valence-corrected chi connectivity index (χ1v) is 10.6. The van der Waals surface area contributed by atoms with Gasteiger partial charge in [-0.05, 0) is 50.6 Å². The number of pyridine rings is 2. The van der Waals surface area contributed by atoms with Crippen LogP contribution in [0.25, 0.3) is 11.2 Å². The second-order valence-electron chi connectivity index (χ2n) is 8.49. The molecule has 1 saturated carbocycles. The van der Waals surface area contributed by atoms with Crippen LogP contribution in [0.1, 0.15) is 35.8 Å². The van der Waals surface area contributed by atoms with E-state index in [4.69, 9.17) is 4.98 Å². The molecule has 0 atom stereocenters. The fourth-order valence-electron chi connectivity index (χ4n) is 4.25. The lowest BCUT2D eigenvalue weighted by atomic mass is 10.1. The minimum absolute atomic E-state index is 0.716. The molecular weight excluding hydrogens is 362 g/mol. The number of aromatic amines is 1. The minimum Gasteiger partial charge on any atom is -0.367 e. The fraction of sp³-hybridized carbons (Fsp3) is 0.500. The number of anilines is 1. The molecule has 4 heterocycles. The Bertz CT molecular complexity index is 986. The molecule has 0 unspecified atom stereocenters. The third-order valence-electron chi connectivity index (χ3n) is 6.05. The molecular formula is C22H29N7. The van der Waals surface area contributed by atoms with E-state index >= 15 is 0 Å². The summed E-state index contributed by atoms with van der Waals surface area (Å²) >= 11 is 0. The van der Waals surface area contributed by atoms with Crippen molar-refractivity contribution in [3.05, 3.63) is 47.7 Å². The number of rotatable bonds is 6. The molecule has 0 radical (unpaired) electrons. The number of nitrogens with zero attached hydrogens (tertiary/aromatic N) is 6. The second-order valence-corrected chi connectivity index (χ2v) is 8.49. The highest BCUT2D eigenvalue weighted by atomic mass is 15.3. The van der Waals surface area contributed by atoms with Gasteiger partial charge in [-0.25, -0.2) is 9.97 Å². The maximum atomic E-state index is 4.77. The summed E-state index contributed by atoms with van der Waals surface area (Å²) in [6.45, 7) is 5.82. The van der Waals surface area contributed by atoms with Gasteiger partial charge in [-0.15, -0.1) is 0 Å². The summed E-state index contributed by atoms with van der Waals surface area (Å²) < 4.78 is 0. The monoisotopic (exact) mass is 391 g/mol. The second kappa shape index (κ2) is 7.72. The van der Waals surface area contributed by atoms with E-state index in [0.29, 0.717) is 5.92 Å². The zero-order valence-corrected chi connectivity index (χ0v) is 17.3. The summed E-state index contributed by atoms with van der Waals surface area (Å²) in [5, 5.41) is 0. The highest BCUT2D eigenvalue weighted by molar-refractivity contribution is 5.86. The van der Waals surface area contributed by atoms with Crippen molar-refractivity contribution < 1.29 is 0 Å². The molecule has 152 valence electrons. The molecule has 2 aliphatic rings. The van der Waals surface area contributed by atoms with Crippen LogP contribution in [0.2, 0.25) is 0 Å². The van der Waals surface area contributed by atoms with E-state index < -0.39 is 0 Å². The van der Waals surface area contributed by atoms with Gasteiger partial charge in [0.05, 0.1) is 17.9 Å². The molecule has 7 heteroatoms. The van der Waals surface area contributed by atoms with E-state index in [2.05, 4.69) is 61.9 Å². The first-order valence-electron chi connectivity index (χ1n) is 10.6. The van der Waals surface area contributed by atoms with Crippen molar-refractivity contribution >= 4 is 16.9 Å². The van der Waals surface area contributed by atoms with Gasteiger partial charge in [-0.2, -0.15) is 0 Å². The first kappa shape index (κ1) is 18.5. The number of hydrogen-bond acceptors (Lipinski definition) is 6. The number of H-pyrrole nitrogens is 1. The third kappa shape index (κ3) is 3.97. The molecule has 3 aromatic rings. The molecule has 1 aliphatic heterocycles. The molecule has 0 spiro atoms. The molecule has 2 fully saturated rings. The molecule has 1 saturated heterocycles. The number of fused-ring (bicyclic) bond motifs is 1. The molecule has 0 bridgehead atoms. The predicted octanol–water partition coefficient (Wildman–Crippen LogP) is 2.61. The van der Waals surface area contributed by atoms with Crippen molar-refractivity contribution in [2.45, 2.75) is 31.8 Å². The van der Waals surface area contributed by atoms with Crippen LogP contribution in [0.5, 0.6) is 0 Å². The van der Waals surface area contributed by atoms with Gasteiger partial charge < -0.3 is 14.8 Å². The van der Waals surface area contributed by atoms with Crippen LogP contribution in [0.4, 0.5) is 5.69 Å². The van der Waals surface area contributed by atoms with Crippen molar-refractivity contribution in [1.82, 2.24) is 29.7 Å². The number of hydrogen-bond donors (Lipinski definition) is 1. The van der Waals surface area contributed by atoms with Crippen LogP contribution in [0, 0.1) is 0 Å². The summed E-state index contributed by atoms with van der Waals surface area (Å²) in [6.07, 6.45) is 6.38. The van der Waals surface area contributed by atoms with Gasteiger partial charge >= 0.3 is 0 Å². The summed E-state index contributed by atoms with van der Waals surface area (Å²) in [4.78, 5) is 24.6. The van der Waals surface area contributed by atoms with Crippen LogP contribution in [0.3, 0.4) is 0 Å². The Morgan fingerprint density at radius 1 is 1.07 bits per heavy atom. The summed E-state index contributed by atoms with van der Waals surface area (Å²) in [5.41, 5.74) is 5.69. The van der Waals surface area contributed by atoms with Crippen molar-refractivity contribution in [2.24, 2.45) is 0 Å². The van der Waals surface area contributed by atoms with Gasteiger partial charge in [0.15, 0.2) is 5.65 Å². The van der Waals surface area contributed by atoms with E-state index in [9.17, 15) is 0 Å². The Hall–Kier alpha value is -2.51. The van der Waals surface area contributed by atoms with E-state index in [1.54, 1.807) is 0 Å². The average molecular weight is 392 g/mol. The molecule has 1 N–H and O–H groups in total. The van der Waals surface area contributed by atoms with Gasteiger partial charge in [0.1, 0.15) is 11.3 Å². The minimum atomic E-state index is 0.716. The van der Waals surface area contributed by atoms with Gasteiger partial charge in [0.25, 0.3) is 0 Å². The first-order chi connectivity index (χ1) is 14.2. The fourth-order valence-corrected chi connectivity index (χ4v) is 4.25. The summed E-state index contributed by atoms with van der Waals surface area (Å²) in [7, 11) is 4.31. The van der Waals surface area contributed by atoms with E-state index in [-0.39, 0.29) is 0 Å². The van der Waals surface area contributed by atoms with Crippen molar-refractivity contribution in [1.29, 1.82) is 0 Å². The number of likely N-dealkylation sites (N-methyl/N-ethyl adjacent to an activating group) is 1. The molecule has 29 heavy (non-hydrogen) atoms. The lowest BCUT2D eigenvalue weighted by molar-refractivity contribution is 0.307. The smallest absolute Gasteiger partial charge is 0.179 e.